The number of rotatable bonds is 7. The Morgan fingerprint density at radius 3 is 2.47 bits per heavy atom. The van der Waals surface area contributed by atoms with Gasteiger partial charge in [-0.2, -0.15) is 0 Å². The van der Waals surface area contributed by atoms with Crippen LogP contribution in [0.25, 0.3) is 6.08 Å². The first-order valence-corrected chi connectivity index (χ1v) is 11.6. The lowest BCUT2D eigenvalue weighted by Crippen LogP contribution is -2.50. The van der Waals surface area contributed by atoms with Crippen LogP contribution in [0.1, 0.15) is 11.1 Å². The number of piperazine rings is 1. The summed E-state index contributed by atoms with van der Waals surface area (Å²) in [6.45, 7) is 6.20. The monoisotopic (exact) mass is 467 g/mol. The molecule has 3 aliphatic heterocycles. The zero-order valence-corrected chi connectivity index (χ0v) is 19.6. The fourth-order valence-electron chi connectivity index (χ4n) is 4.72. The highest BCUT2D eigenvalue weighted by molar-refractivity contribution is 6.06. The van der Waals surface area contributed by atoms with E-state index in [1.807, 2.05) is 18.2 Å². The van der Waals surface area contributed by atoms with Crippen LogP contribution in [-0.2, 0) is 4.84 Å². The molecule has 2 atom stereocenters. The molecular formula is C26H30FN3O4. The van der Waals surface area contributed by atoms with Gasteiger partial charge in [0, 0.05) is 50.9 Å². The first-order valence-electron chi connectivity index (χ1n) is 11.6. The molecule has 2 aromatic carbocycles. The highest BCUT2D eigenvalue weighted by Gasteiger charge is 2.41. The van der Waals surface area contributed by atoms with Gasteiger partial charge < -0.3 is 19.0 Å². The normalized spacial score (nSPS) is 22.5. The molecule has 0 saturated carbocycles. The summed E-state index contributed by atoms with van der Waals surface area (Å²) in [7, 11) is 3.24. The molecule has 8 heteroatoms. The molecule has 2 unspecified atom stereocenters. The molecule has 1 saturated heterocycles. The fourth-order valence-corrected chi connectivity index (χ4v) is 4.72. The molecular weight excluding hydrogens is 437 g/mol. The minimum Gasteiger partial charge on any atom is -0.493 e. The van der Waals surface area contributed by atoms with Gasteiger partial charge in [-0.15, -0.1) is 0 Å². The van der Waals surface area contributed by atoms with E-state index in [0.29, 0.717) is 18.1 Å². The van der Waals surface area contributed by atoms with Crippen LogP contribution in [0.4, 0.5) is 4.39 Å². The Morgan fingerprint density at radius 2 is 1.74 bits per heavy atom. The van der Waals surface area contributed by atoms with Crippen LogP contribution in [0.3, 0.4) is 0 Å². The topological polar surface area (TPSA) is 55.8 Å². The molecule has 180 valence electrons. The lowest BCUT2D eigenvalue weighted by Gasteiger charge is -2.36. The average molecular weight is 468 g/mol. The molecule has 0 bridgehead atoms. The number of oxime groups is 1. The maximum atomic E-state index is 13.0. The molecule has 1 fully saturated rings. The smallest absolute Gasteiger partial charge is 0.164 e. The Labute approximate surface area is 199 Å². The predicted octanol–water partition coefficient (Wildman–Crippen LogP) is 3.29. The molecule has 0 radical (unpaired) electrons. The summed E-state index contributed by atoms with van der Waals surface area (Å²) < 4.78 is 29.9. The molecule has 0 aliphatic carbocycles. The number of halogens is 1. The van der Waals surface area contributed by atoms with E-state index in [1.165, 1.54) is 12.1 Å². The molecule has 5 rings (SSSR count). The van der Waals surface area contributed by atoms with Crippen molar-refractivity contribution < 1.29 is 23.4 Å². The number of hydrogen-bond acceptors (Lipinski definition) is 7. The Morgan fingerprint density at radius 1 is 1.03 bits per heavy atom. The van der Waals surface area contributed by atoms with E-state index < -0.39 is 0 Å². The molecule has 7 nitrogen and oxygen atoms in total. The van der Waals surface area contributed by atoms with Crippen molar-refractivity contribution in [2.75, 3.05) is 60.1 Å². The fraction of sp³-hybridized carbons (Fsp3) is 0.423. The summed E-state index contributed by atoms with van der Waals surface area (Å²) in [4.78, 5) is 10.7. The van der Waals surface area contributed by atoms with E-state index in [2.05, 4.69) is 21.0 Å². The molecule has 3 heterocycles. The van der Waals surface area contributed by atoms with Gasteiger partial charge in [-0.25, -0.2) is 4.39 Å². The van der Waals surface area contributed by atoms with Gasteiger partial charge in [-0.3, -0.25) is 9.80 Å². The van der Waals surface area contributed by atoms with Crippen molar-refractivity contribution in [3.8, 4) is 17.2 Å². The van der Waals surface area contributed by atoms with Gasteiger partial charge in [0.15, 0.2) is 17.6 Å². The van der Waals surface area contributed by atoms with Crippen molar-refractivity contribution in [1.29, 1.82) is 0 Å². The molecule has 0 amide bonds. The number of hydrogen-bond donors (Lipinski definition) is 0. The maximum absolute atomic E-state index is 13.0. The van der Waals surface area contributed by atoms with Crippen molar-refractivity contribution in [3.05, 3.63) is 59.4 Å². The summed E-state index contributed by atoms with van der Waals surface area (Å²) in [5.74, 6) is 1.94. The Bertz CT molecular complexity index is 1060. The quantitative estimate of drug-likeness (QED) is 0.623. The largest absolute Gasteiger partial charge is 0.493 e. The number of ether oxygens (including phenoxy) is 3. The second kappa shape index (κ2) is 10.0. The third-order valence-electron chi connectivity index (χ3n) is 6.71. The molecule has 3 aliphatic rings. The molecule has 0 aromatic heterocycles. The lowest BCUT2D eigenvalue weighted by atomic mass is 9.90. The highest BCUT2D eigenvalue weighted by atomic mass is 19.1. The molecule has 2 aromatic rings. The van der Waals surface area contributed by atoms with Crippen molar-refractivity contribution in [3.63, 3.8) is 0 Å². The number of methoxy groups -OCH3 is 2. The second-order valence-corrected chi connectivity index (χ2v) is 8.80. The zero-order valence-electron chi connectivity index (χ0n) is 19.6. The van der Waals surface area contributed by atoms with E-state index in [9.17, 15) is 4.39 Å². The third-order valence-corrected chi connectivity index (χ3v) is 6.71. The molecule has 34 heavy (non-hydrogen) atoms. The van der Waals surface area contributed by atoms with E-state index in [1.54, 1.807) is 26.4 Å². The van der Waals surface area contributed by atoms with Gasteiger partial charge in [0.05, 0.1) is 20.1 Å². The van der Waals surface area contributed by atoms with Gasteiger partial charge >= 0.3 is 0 Å². The van der Waals surface area contributed by atoms with Gasteiger partial charge in [0.25, 0.3) is 0 Å². The van der Waals surface area contributed by atoms with Crippen LogP contribution in [0.5, 0.6) is 17.2 Å². The first-order chi connectivity index (χ1) is 16.6. The van der Waals surface area contributed by atoms with Gasteiger partial charge in [-0.1, -0.05) is 29.4 Å². The van der Waals surface area contributed by atoms with Crippen molar-refractivity contribution >= 4 is 11.8 Å². The van der Waals surface area contributed by atoms with Gasteiger partial charge in [0.2, 0.25) is 0 Å². The summed E-state index contributed by atoms with van der Waals surface area (Å²) in [6.07, 6.45) is 4.16. The van der Waals surface area contributed by atoms with E-state index in [0.717, 1.165) is 61.9 Å². The minimum absolute atomic E-state index is 0.0267. The summed E-state index contributed by atoms with van der Waals surface area (Å²) in [5.41, 5.74) is 2.85. The van der Waals surface area contributed by atoms with E-state index in [-0.39, 0.29) is 17.8 Å². The summed E-state index contributed by atoms with van der Waals surface area (Å²) in [6, 6.07) is 10.3. The standard InChI is InChI=1S/C26H30FN3O4/c1-31-23-14-20-22(15-24(23)32-2)33-17-21-25(34-28-26(20)21)16-30-12-10-29(11-13-30)9-3-4-18-5-7-19(27)8-6-18/h3-8,14-15,21,25H,9-13,16-17H2,1-2H3/b4-3+. The number of nitrogens with zero attached hydrogens (tertiary/aromatic N) is 3. The van der Waals surface area contributed by atoms with Crippen LogP contribution in [0, 0.1) is 11.7 Å². The third kappa shape index (κ3) is 4.74. The predicted molar refractivity (Wildman–Crippen MR) is 128 cm³/mol. The van der Waals surface area contributed by atoms with Crippen molar-refractivity contribution in [1.82, 2.24) is 9.80 Å². The number of fused-ring (bicyclic) bond motifs is 3. The van der Waals surface area contributed by atoms with E-state index >= 15 is 0 Å². The number of benzene rings is 2. The molecule has 0 spiro atoms. The lowest BCUT2D eigenvalue weighted by molar-refractivity contribution is 0.0103. The highest BCUT2D eigenvalue weighted by Crippen LogP contribution is 2.40. The minimum atomic E-state index is -0.207. The average Bonchev–Trinajstić information content (AvgIpc) is 3.28. The van der Waals surface area contributed by atoms with Crippen LogP contribution in [0.15, 0.2) is 47.6 Å². The Balaban J connectivity index is 1.13. The van der Waals surface area contributed by atoms with Crippen LogP contribution in [0.2, 0.25) is 0 Å². The Hall–Kier alpha value is -3.10. The van der Waals surface area contributed by atoms with Gasteiger partial charge in [-0.05, 0) is 23.8 Å². The second-order valence-electron chi connectivity index (χ2n) is 8.80. The summed E-state index contributed by atoms with van der Waals surface area (Å²) in [5, 5.41) is 4.44. The van der Waals surface area contributed by atoms with E-state index in [4.69, 9.17) is 19.0 Å². The summed E-state index contributed by atoms with van der Waals surface area (Å²) >= 11 is 0. The van der Waals surface area contributed by atoms with Crippen LogP contribution in [-0.4, -0.2) is 81.7 Å². The van der Waals surface area contributed by atoms with Crippen LogP contribution >= 0.6 is 0 Å². The SMILES string of the molecule is COc1cc2c(cc1OC)C1=NOC(CN3CCN(C/C=C/c4ccc(F)cc4)CC3)C1CO2. The van der Waals surface area contributed by atoms with Crippen molar-refractivity contribution in [2.24, 2.45) is 11.1 Å². The maximum Gasteiger partial charge on any atom is 0.164 e. The van der Waals surface area contributed by atoms with Gasteiger partial charge in [0.1, 0.15) is 23.9 Å². The zero-order chi connectivity index (χ0) is 23.5. The van der Waals surface area contributed by atoms with Crippen molar-refractivity contribution in [2.45, 2.75) is 6.10 Å². The Kier molecular flexibility index (Phi) is 6.69. The first kappa shape index (κ1) is 22.7. The van der Waals surface area contributed by atoms with Crippen LogP contribution < -0.4 is 14.2 Å². The molecule has 0 N–H and O–H groups in total.